The fraction of sp³-hybridized carbons (Fsp3) is 0.611. The highest BCUT2D eigenvalue weighted by Gasteiger charge is 2.36. The molecular weight excluding hydrogens is 292 g/mol. The predicted molar refractivity (Wildman–Crippen MR) is 90.8 cm³/mol. The number of benzene rings is 1. The van der Waals surface area contributed by atoms with Crippen LogP contribution >= 0.6 is 0 Å². The Morgan fingerprint density at radius 2 is 2.13 bits per heavy atom. The molecule has 23 heavy (non-hydrogen) atoms. The number of rotatable bonds is 6. The van der Waals surface area contributed by atoms with Crippen molar-refractivity contribution in [2.45, 2.75) is 44.1 Å². The Morgan fingerprint density at radius 3 is 2.74 bits per heavy atom. The number of urea groups is 1. The van der Waals surface area contributed by atoms with Crippen LogP contribution < -0.4 is 10.1 Å². The van der Waals surface area contributed by atoms with Crippen LogP contribution in [-0.2, 0) is 5.41 Å². The molecule has 2 rings (SSSR count). The van der Waals surface area contributed by atoms with E-state index in [9.17, 15) is 9.90 Å². The molecule has 0 saturated heterocycles. The number of carbonyl (C=O) groups excluding carboxylic acids is 1. The van der Waals surface area contributed by atoms with E-state index in [1.54, 1.807) is 19.1 Å². The minimum atomic E-state index is -0.189. The Kier molecular flexibility index (Phi) is 5.88. The van der Waals surface area contributed by atoms with E-state index in [2.05, 4.69) is 17.4 Å². The lowest BCUT2D eigenvalue weighted by molar-refractivity contribution is 0.155. The molecule has 0 heterocycles. The van der Waals surface area contributed by atoms with Gasteiger partial charge in [-0.1, -0.05) is 25.0 Å². The average Bonchev–Trinajstić information content (AvgIpc) is 3.08. The number of ether oxygens (including phenoxy) is 1. The maximum absolute atomic E-state index is 12.3. The van der Waals surface area contributed by atoms with Crippen LogP contribution in [0.15, 0.2) is 24.3 Å². The summed E-state index contributed by atoms with van der Waals surface area (Å²) in [5.74, 6) is 0.853. The Hall–Kier alpha value is -1.75. The number of nitrogens with one attached hydrogen (secondary N) is 1. The largest absolute Gasteiger partial charge is 0.497 e. The van der Waals surface area contributed by atoms with E-state index in [0.717, 1.165) is 18.6 Å². The van der Waals surface area contributed by atoms with Gasteiger partial charge in [-0.15, -0.1) is 0 Å². The second-order valence-electron chi connectivity index (χ2n) is 6.52. The van der Waals surface area contributed by atoms with Crippen LogP contribution in [0.2, 0.25) is 0 Å². The van der Waals surface area contributed by atoms with Crippen LogP contribution in [0.4, 0.5) is 4.79 Å². The molecule has 1 aliphatic rings. The van der Waals surface area contributed by atoms with Crippen LogP contribution in [0.5, 0.6) is 5.75 Å². The number of likely N-dealkylation sites (N-methyl/N-ethyl adjacent to an activating group) is 1. The van der Waals surface area contributed by atoms with Gasteiger partial charge in [-0.25, -0.2) is 4.79 Å². The van der Waals surface area contributed by atoms with E-state index in [1.807, 2.05) is 19.1 Å². The zero-order valence-electron chi connectivity index (χ0n) is 14.3. The van der Waals surface area contributed by atoms with Gasteiger partial charge in [0.05, 0.1) is 19.8 Å². The maximum Gasteiger partial charge on any atom is 0.317 e. The van der Waals surface area contributed by atoms with Crippen molar-refractivity contribution in [1.29, 1.82) is 0 Å². The first-order valence-electron chi connectivity index (χ1n) is 8.28. The first-order valence-corrected chi connectivity index (χ1v) is 8.28. The summed E-state index contributed by atoms with van der Waals surface area (Å²) in [6, 6.07) is 7.83. The standard InChI is InChI=1S/C18H28N2O3/c1-14(12-21)20(2)17(22)19-13-18(9-4-5-10-18)15-7-6-8-16(11-15)23-3/h6-8,11,14,21H,4-5,9-10,12-13H2,1-3H3,(H,19,22). The molecule has 1 fully saturated rings. The van der Waals surface area contributed by atoms with Crippen LogP contribution in [0.1, 0.15) is 38.2 Å². The molecule has 0 spiro atoms. The SMILES string of the molecule is COc1cccc(C2(CNC(=O)N(C)C(C)CO)CCCC2)c1. The Labute approximate surface area is 138 Å². The highest BCUT2D eigenvalue weighted by atomic mass is 16.5. The third-order valence-corrected chi connectivity index (χ3v) is 5.07. The number of amides is 2. The first-order chi connectivity index (χ1) is 11.0. The van der Waals surface area contributed by atoms with Crippen molar-refractivity contribution >= 4 is 6.03 Å². The number of hydrogen-bond acceptors (Lipinski definition) is 3. The van der Waals surface area contributed by atoms with Gasteiger partial charge in [-0.05, 0) is 37.5 Å². The summed E-state index contributed by atoms with van der Waals surface area (Å²) >= 11 is 0. The van der Waals surface area contributed by atoms with E-state index < -0.39 is 0 Å². The quantitative estimate of drug-likeness (QED) is 0.847. The van der Waals surface area contributed by atoms with E-state index in [4.69, 9.17) is 4.74 Å². The number of aliphatic hydroxyl groups is 1. The summed E-state index contributed by atoms with van der Waals surface area (Å²) in [5, 5.41) is 12.2. The summed E-state index contributed by atoms with van der Waals surface area (Å²) in [4.78, 5) is 13.8. The minimum Gasteiger partial charge on any atom is -0.497 e. The van der Waals surface area contributed by atoms with Gasteiger partial charge in [-0.2, -0.15) is 0 Å². The van der Waals surface area contributed by atoms with Crippen molar-refractivity contribution in [3.8, 4) is 5.75 Å². The highest BCUT2D eigenvalue weighted by molar-refractivity contribution is 5.74. The summed E-state index contributed by atoms with van der Waals surface area (Å²) < 4.78 is 5.35. The number of hydrogen-bond donors (Lipinski definition) is 2. The Morgan fingerprint density at radius 1 is 1.43 bits per heavy atom. The molecule has 128 valence electrons. The predicted octanol–water partition coefficient (Wildman–Crippen LogP) is 2.53. The number of carbonyl (C=O) groups is 1. The van der Waals surface area contributed by atoms with Crippen molar-refractivity contribution in [3.05, 3.63) is 29.8 Å². The highest BCUT2D eigenvalue weighted by Crippen LogP contribution is 2.41. The number of methoxy groups -OCH3 is 1. The van der Waals surface area contributed by atoms with Gasteiger partial charge in [0.2, 0.25) is 0 Å². The zero-order chi connectivity index (χ0) is 16.9. The molecule has 1 aliphatic carbocycles. The summed E-state index contributed by atoms with van der Waals surface area (Å²) in [7, 11) is 3.39. The van der Waals surface area contributed by atoms with E-state index in [-0.39, 0.29) is 24.1 Å². The molecule has 0 radical (unpaired) electrons. The monoisotopic (exact) mass is 320 g/mol. The van der Waals surface area contributed by atoms with E-state index in [1.165, 1.54) is 18.4 Å². The van der Waals surface area contributed by atoms with Crippen LogP contribution in [-0.4, -0.2) is 49.4 Å². The van der Waals surface area contributed by atoms with Gasteiger partial charge in [0.1, 0.15) is 5.75 Å². The fourth-order valence-electron chi connectivity index (χ4n) is 3.26. The minimum absolute atomic E-state index is 0.0203. The third kappa shape index (κ3) is 3.96. The Balaban J connectivity index is 2.11. The van der Waals surface area contributed by atoms with Gasteiger partial charge >= 0.3 is 6.03 Å². The second kappa shape index (κ2) is 7.68. The van der Waals surface area contributed by atoms with Crippen LogP contribution in [0.3, 0.4) is 0 Å². The molecule has 1 aromatic carbocycles. The second-order valence-corrected chi connectivity index (χ2v) is 6.52. The normalized spacial score (nSPS) is 17.6. The molecule has 1 atom stereocenters. The maximum atomic E-state index is 12.3. The first kappa shape index (κ1) is 17.6. The van der Waals surface area contributed by atoms with Crippen molar-refractivity contribution in [2.75, 3.05) is 27.3 Å². The topological polar surface area (TPSA) is 61.8 Å². The molecular formula is C18H28N2O3. The summed E-state index contributed by atoms with van der Waals surface area (Å²) in [5.41, 5.74) is 1.21. The van der Waals surface area contributed by atoms with Gasteiger partial charge < -0.3 is 20.1 Å². The molecule has 2 N–H and O–H groups in total. The summed E-state index contributed by atoms with van der Waals surface area (Å²) in [6.45, 7) is 2.40. The fourth-order valence-corrected chi connectivity index (χ4v) is 3.26. The van der Waals surface area contributed by atoms with Gasteiger partial charge in [0.15, 0.2) is 0 Å². The van der Waals surface area contributed by atoms with Gasteiger partial charge in [-0.3, -0.25) is 0 Å². The van der Waals surface area contributed by atoms with Crippen molar-refractivity contribution < 1.29 is 14.6 Å². The van der Waals surface area contributed by atoms with Crippen molar-refractivity contribution in [3.63, 3.8) is 0 Å². The molecule has 0 aromatic heterocycles. The molecule has 5 nitrogen and oxygen atoms in total. The molecule has 0 aliphatic heterocycles. The lowest BCUT2D eigenvalue weighted by Crippen LogP contribution is -2.48. The molecule has 0 bridgehead atoms. The Bertz CT molecular complexity index is 527. The zero-order valence-corrected chi connectivity index (χ0v) is 14.3. The van der Waals surface area contributed by atoms with Gasteiger partial charge in [0.25, 0.3) is 0 Å². The van der Waals surface area contributed by atoms with E-state index >= 15 is 0 Å². The molecule has 2 amide bonds. The lowest BCUT2D eigenvalue weighted by Gasteiger charge is -2.32. The number of nitrogens with zero attached hydrogens (tertiary/aromatic N) is 1. The smallest absolute Gasteiger partial charge is 0.317 e. The summed E-state index contributed by atoms with van der Waals surface area (Å²) in [6.07, 6.45) is 4.49. The average molecular weight is 320 g/mol. The van der Waals surface area contributed by atoms with Gasteiger partial charge in [0, 0.05) is 19.0 Å². The van der Waals surface area contributed by atoms with Crippen LogP contribution in [0.25, 0.3) is 0 Å². The van der Waals surface area contributed by atoms with E-state index in [0.29, 0.717) is 6.54 Å². The third-order valence-electron chi connectivity index (χ3n) is 5.07. The van der Waals surface area contributed by atoms with Crippen molar-refractivity contribution in [1.82, 2.24) is 10.2 Å². The molecule has 1 saturated carbocycles. The molecule has 1 aromatic rings. The van der Waals surface area contributed by atoms with Crippen molar-refractivity contribution in [2.24, 2.45) is 0 Å². The number of aliphatic hydroxyl groups excluding tert-OH is 1. The lowest BCUT2D eigenvalue weighted by atomic mass is 9.78. The molecule has 1 unspecified atom stereocenters. The van der Waals surface area contributed by atoms with Crippen LogP contribution in [0, 0.1) is 0 Å². The molecule has 5 heteroatoms.